The number of hydrogen-bond acceptors (Lipinski definition) is 2. The first-order valence-corrected chi connectivity index (χ1v) is 13.9. The van der Waals surface area contributed by atoms with Crippen molar-refractivity contribution in [3.63, 3.8) is 0 Å². The first-order chi connectivity index (χ1) is 16.2. The maximum Gasteiger partial charge on any atom is 0.122 e. The van der Waals surface area contributed by atoms with Crippen LogP contribution in [0.1, 0.15) is 128 Å². The highest BCUT2D eigenvalue weighted by molar-refractivity contribution is 5.53. The summed E-state index contributed by atoms with van der Waals surface area (Å²) in [7, 11) is 0. The smallest absolute Gasteiger partial charge is 0.122 e. The van der Waals surface area contributed by atoms with E-state index in [4.69, 9.17) is 0 Å². The molecule has 0 saturated heterocycles. The van der Waals surface area contributed by atoms with Gasteiger partial charge in [0.1, 0.15) is 11.5 Å². The molecule has 0 bridgehead atoms. The molecule has 2 nitrogen and oxygen atoms in total. The number of rotatable bonds is 10. The Hall–Kier alpha value is -1.96. The van der Waals surface area contributed by atoms with E-state index in [1.807, 2.05) is 0 Å². The summed E-state index contributed by atoms with van der Waals surface area (Å²) in [5, 5.41) is 22.7. The van der Waals surface area contributed by atoms with Crippen LogP contribution in [0.5, 0.6) is 11.5 Å². The predicted molar refractivity (Wildman–Crippen MR) is 152 cm³/mol. The van der Waals surface area contributed by atoms with Crippen LogP contribution in [-0.2, 0) is 30.1 Å². The third-order valence-corrected chi connectivity index (χ3v) is 7.23. The molecule has 0 aromatic heterocycles. The van der Waals surface area contributed by atoms with Gasteiger partial charge in [0.2, 0.25) is 0 Å². The van der Waals surface area contributed by atoms with Gasteiger partial charge in [0.15, 0.2) is 0 Å². The average molecular weight is 481 g/mol. The molecular formula is C33H52O2. The third kappa shape index (κ3) is 8.02. The summed E-state index contributed by atoms with van der Waals surface area (Å²) >= 11 is 0. The van der Waals surface area contributed by atoms with Crippen molar-refractivity contribution in [1.29, 1.82) is 0 Å². The first-order valence-electron chi connectivity index (χ1n) is 13.9. The number of phenolic OH excluding ortho intramolecular Hbond substituents is 2. The second-order valence-corrected chi connectivity index (χ2v) is 13.2. The molecule has 0 saturated carbocycles. The van der Waals surface area contributed by atoms with Crippen LogP contribution >= 0.6 is 0 Å². The lowest BCUT2D eigenvalue weighted by molar-refractivity contribution is 0.433. The molecule has 0 heterocycles. The van der Waals surface area contributed by atoms with Crippen LogP contribution in [0.2, 0.25) is 0 Å². The van der Waals surface area contributed by atoms with Gasteiger partial charge >= 0.3 is 0 Å². The summed E-state index contributed by atoms with van der Waals surface area (Å²) in [6.45, 7) is 22.1. The Balaban J connectivity index is 2.61. The molecule has 0 aliphatic carbocycles. The minimum absolute atomic E-state index is 0.154. The number of benzene rings is 2. The number of phenols is 2. The maximum atomic E-state index is 11.4. The Kier molecular flexibility index (Phi) is 9.91. The van der Waals surface area contributed by atoms with E-state index in [1.54, 1.807) is 0 Å². The minimum Gasteiger partial charge on any atom is -0.507 e. The molecule has 0 aliphatic rings. The number of hydrogen-bond donors (Lipinski definition) is 2. The van der Waals surface area contributed by atoms with E-state index < -0.39 is 0 Å². The van der Waals surface area contributed by atoms with Crippen molar-refractivity contribution in [3.8, 4) is 11.5 Å². The fourth-order valence-electron chi connectivity index (χ4n) is 5.37. The molecule has 0 amide bonds. The van der Waals surface area contributed by atoms with E-state index in [9.17, 15) is 10.2 Å². The normalized spacial score (nSPS) is 14.2. The highest BCUT2D eigenvalue weighted by Crippen LogP contribution is 2.40. The summed E-state index contributed by atoms with van der Waals surface area (Å²) in [4.78, 5) is 0. The van der Waals surface area contributed by atoms with E-state index in [0.717, 1.165) is 35.1 Å². The van der Waals surface area contributed by atoms with Gasteiger partial charge in [0, 0.05) is 6.42 Å². The molecule has 0 spiro atoms. The minimum atomic E-state index is -0.154. The van der Waals surface area contributed by atoms with Crippen molar-refractivity contribution in [3.05, 3.63) is 57.6 Å². The summed E-state index contributed by atoms with van der Waals surface area (Å²) in [5.74, 6) is 1.97. The molecule has 0 radical (unpaired) electrons. The molecule has 2 aromatic carbocycles. The van der Waals surface area contributed by atoms with Crippen molar-refractivity contribution in [2.45, 2.75) is 125 Å². The Morgan fingerprint density at radius 2 is 0.971 bits per heavy atom. The second kappa shape index (κ2) is 11.8. The molecule has 2 heteroatoms. The topological polar surface area (TPSA) is 40.5 Å². The van der Waals surface area contributed by atoms with Crippen LogP contribution in [0.3, 0.4) is 0 Å². The Bertz CT molecular complexity index is 893. The van der Waals surface area contributed by atoms with E-state index >= 15 is 0 Å². The SMILES string of the molecule is CCCC(C)Cc1cc(Cc2cc(CC(C)CCC)cc(C(C)(C)C)c2O)c(O)c(C(C)(C)C)c1. The second-order valence-electron chi connectivity index (χ2n) is 13.2. The fourth-order valence-corrected chi connectivity index (χ4v) is 5.37. The fraction of sp³-hybridized carbons (Fsp3) is 0.636. The van der Waals surface area contributed by atoms with Gasteiger partial charge in [-0.3, -0.25) is 0 Å². The van der Waals surface area contributed by atoms with Crippen molar-refractivity contribution in [1.82, 2.24) is 0 Å². The average Bonchev–Trinajstić information content (AvgIpc) is 2.71. The molecule has 2 rings (SSSR count). The molecular weight excluding hydrogens is 428 g/mol. The monoisotopic (exact) mass is 480 g/mol. The summed E-state index contributed by atoms with van der Waals surface area (Å²) in [6.07, 6.45) is 7.34. The van der Waals surface area contributed by atoms with Crippen LogP contribution in [-0.4, -0.2) is 10.2 Å². The van der Waals surface area contributed by atoms with Crippen molar-refractivity contribution < 1.29 is 10.2 Å². The van der Waals surface area contributed by atoms with Crippen LogP contribution in [0, 0.1) is 11.8 Å². The first kappa shape index (κ1) is 29.3. The van der Waals surface area contributed by atoms with Crippen LogP contribution in [0.15, 0.2) is 24.3 Å². The van der Waals surface area contributed by atoms with E-state index in [2.05, 4.69) is 93.5 Å². The van der Waals surface area contributed by atoms with E-state index in [-0.39, 0.29) is 10.8 Å². The Morgan fingerprint density at radius 3 is 1.26 bits per heavy atom. The molecule has 2 unspecified atom stereocenters. The van der Waals surface area contributed by atoms with E-state index in [1.165, 1.54) is 36.8 Å². The zero-order chi connectivity index (χ0) is 26.6. The zero-order valence-electron chi connectivity index (χ0n) is 24.3. The summed E-state index contributed by atoms with van der Waals surface area (Å²) in [6, 6.07) is 8.77. The maximum absolute atomic E-state index is 11.4. The van der Waals surface area contributed by atoms with Gasteiger partial charge in [0.05, 0.1) is 0 Å². The highest BCUT2D eigenvalue weighted by atomic mass is 16.3. The quantitative estimate of drug-likeness (QED) is 0.356. The van der Waals surface area contributed by atoms with Crippen molar-refractivity contribution in [2.24, 2.45) is 11.8 Å². The lowest BCUT2D eigenvalue weighted by Crippen LogP contribution is -2.15. The van der Waals surface area contributed by atoms with Gasteiger partial charge in [-0.25, -0.2) is 0 Å². The number of aromatic hydroxyl groups is 2. The third-order valence-electron chi connectivity index (χ3n) is 7.23. The van der Waals surface area contributed by atoms with E-state index in [0.29, 0.717) is 29.8 Å². The molecule has 2 aromatic rings. The predicted octanol–water partition coefficient (Wildman–Crippen LogP) is 9.24. The van der Waals surface area contributed by atoms with Crippen LogP contribution in [0.4, 0.5) is 0 Å². The molecule has 2 atom stereocenters. The summed E-state index contributed by atoms with van der Waals surface area (Å²) < 4.78 is 0. The van der Waals surface area contributed by atoms with Gasteiger partial charge in [-0.1, -0.05) is 119 Å². The molecule has 0 aliphatic heterocycles. The zero-order valence-corrected chi connectivity index (χ0v) is 24.3. The summed E-state index contributed by atoms with van der Waals surface area (Å²) in [5.41, 5.74) is 6.10. The lowest BCUT2D eigenvalue weighted by Gasteiger charge is -2.26. The Morgan fingerprint density at radius 1 is 0.629 bits per heavy atom. The van der Waals surface area contributed by atoms with Crippen molar-refractivity contribution >= 4 is 0 Å². The van der Waals surface area contributed by atoms with Gasteiger partial charge in [-0.05, 0) is 68.9 Å². The van der Waals surface area contributed by atoms with Crippen LogP contribution < -0.4 is 0 Å². The highest BCUT2D eigenvalue weighted by Gasteiger charge is 2.25. The van der Waals surface area contributed by atoms with Gasteiger partial charge < -0.3 is 10.2 Å². The van der Waals surface area contributed by atoms with Gasteiger partial charge in [-0.2, -0.15) is 0 Å². The standard InChI is InChI=1S/C33H52O2/c1-11-13-22(3)15-24-17-26(30(34)28(19-24)32(5,6)7)21-27-18-25(16-23(4)14-12-2)20-29(31(27)35)33(8,9)10/h17-20,22-23,34-35H,11-16,21H2,1-10H3. The Labute approximate surface area is 216 Å². The van der Waals surface area contributed by atoms with Crippen molar-refractivity contribution in [2.75, 3.05) is 0 Å². The largest absolute Gasteiger partial charge is 0.507 e. The van der Waals surface area contributed by atoms with Gasteiger partial charge in [0.25, 0.3) is 0 Å². The van der Waals surface area contributed by atoms with Gasteiger partial charge in [-0.15, -0.1) is 0 Å². The molecule has 196 valence electrons. The molecule has 0 fully saturated rings. The van der Waals surface area contributed by atoms with Crippen LogP contribution in [0.25, 0.3) is 0 Å². The lowest BCUT2D eigenvalue weighted by atomic mass is 9.80. The molecule has 35 heavy (non-hydrogen) atoms. The molecule has 2 N–H and O–H groups in total.